The number of amides is 1. The lowest BCUT2D eigenvalue weighted by Gasteiger charge is -2.18. The highest BCUT2D eigenvalue weighted by Crippen LogP contribution is 2.30. The smallest absolute Gasteiger partial charge is 0.332 e. The van der Waals surface area contributed by atoms with E-state index in [-0.39, 0.29) is 17.7 Å². The van der Waals surface area contributed by atoms with Gasteiger partial charge in [0.05, 0.1) is 6.33 Å². The Morgan fingerprint density at radius 2 is 1.76 bits per heavy atom. The van der Waals surface area contributed by atoms with Crippen molar-refractivity contribution in [2.24, 2.45) is 5.73 Å². The average Bonchev–Trinajstić information content (AvgIpc) is 3.24. The molecule has 0 radical (unpaired) electrons. The molecule has 3 heterocycles. The highest BCUT2D eigenvalue weighted by molar-refractivity contribution is 5.80. The van der Waals surface area contributed by atoms with Gasteiger partial charge < -0.3 is 20.7 Å². The fraction of sp³-hybridized carbons (Fsp3) is 0.667. The van der Waals surface area contributed by atoms with Gasteiger partial charge >= 0.3 is 5.69 Å². The SMILES string of the molecule is CCCCn1c(=O)c2c(ncn2C2O[C@H](C(N)=O)[C@@H](O)[C@H]2O)n(CCCC)c1=O. The van der Waals surface area contributed by atoms with Gasteiger partial charge in [-0.2, -0.15) is 0 Å². The molecule has 11 heteroatoms. The Balaban J connectivity index is 2.19. The number of primary amides is 1. The Hall–Kier alpha value is -2.50. The van der Waals surface area contributed by atoms with Crippen LogP contribution in [-0.4, -0.2) is 53.1 Å². The first-order valence-electron chi connectivity index (χ1n) is 9.84. The normalized spacial score (nSPS) is 24.4. The summed E-state index contributed by atoms with van der Waals surface area (Å²) in [5, 5.41) is 20.4. The van der Waals surface area contributed by atoms with Crippen molar-refractivity contribution in [1.82, 2.24) is 18.7 Å². The third-order valence-electron chi connectivity index (χ3n) is 5.20. The van der Waals surface area contributed by atoms with E-state index >= 15 is 0 Å². The molecule has 1 aliphatic rings. The molecule has 2 aromatic heterocycles. The number of rotatable bonds is 8. The lowest BCUT2D eigenvalue weighted by atomic mass is 10.1. The Kier molecular flexibility index (Phi) is 6.20. The number of nitrogens with zero attached hydrogens (tertiary/aromatic N) is 4. The number of imidazole rings is 1. The molecule has 11 nitrogen and oxygen atoms in total. The van der Waals surface area contributed by atoms with Crippen LogP contribution in [0.2, 0.25) is 0 Å². The third-order valence-corrected chi connectivity index (χ3v) is 5.20. The van der Waals surface area contributed by atoms with Crippen LogP contribution in [0.5, 0.6) is 0 Å². The summed E-state index contributed by atoms with van der Waals surface area (Å²) in [5.74, 6) is -0.927. The van der Waals surface area contributed by atoms with Crippen LogP contribution in [0.1, 0.15) is 45.8 Å². The van der Waals surface area contributed by atoms with Gasteiger partial charge in [-0.25, -0.2) is 9.78 Å². The van der Waals surface area contributed by atoms with E-state index < -0.39 is 41.7 Å². The Morgan fingerprint density at radius 3 is 2.31 bits per heavy atom. The molecule has 0 saturated carbocycles. The first kappa shape index (κ1) is 21.2. The number of carbonyl (C=O) groups excluding carboxylic acids is 1. The van der Waals surface area contributed by atoms with Crippen molar-refractivity contribution in [3.63, 3.8) is 0 Å². The van der Waals surface area contributed by atoms with E-state index in [9.17, 15) is 24.6 Å². The van der Waals surface area contributed by atoms with Gasteiger partial charge in [0.1, 0.15) is 12.2 Å². The van der Waals surface area contributed by atoms with Gasteiger partial charge in [0.25, 0.3) is 5.56 Å². The maximum Gasteiger partial charge on any atom is 0.332 e. The second-order valence-electron chi connectivity index (χ2n) is 7.25. The molecule has 29 heavy (non-hydrogen) atoms. The topological polar surface area (TPSA) is 155 Å². The van der Waals surface area contributed by atoms with E-state index in [1.165, 1.54) is 15.5 Å². The Labute approximate surface area is 166 Å². The largest absolute Gasteiger partial charge is 0.387 e. The zero-order valence-electron chi connectivity index (χ0n) is 16.5. The minimum Gasteiger partial charge on any atom is -0.387 e. The van der Waals surface area contributed by atoms with Gasteiger partial charge in [0.2, 0.25) is 5.91 Å². The van der Waals surface area contributed by atoms with Gasteiger partial charge in [-0.1, -0.05) is 26.7 Å². The first-order valence-corrected chi connectivity index (χ1v) is 9.84. The second kappa shape index (κ2) is 8.47. The summed E-state index contributed by atoms with van der Waals surface area (Å²) < 4.78 is 9.30. The molecular weight excluding hydrogens is 382 g/mol. The van der Waals surface area contributed by atoms with Crippen LogP contribution >= 0.6 is 0 Å². The van der Waals surface area contributed by atoms with Crippen molar-refractivity contribution < 1.29 is 19.7 Å². The number of unbranched alkanes of at least 4 members (excludes halogenated alkanes) is 2. The Bertz CT molecular complexity index is 1010. The lowest BCUT2D eigenvalue weighted by Crippen LogP contribution is -2.41. The van der Waals surface area contributed by atoms with Gasteiger partial charge in [-0.05, 0) is 12.8 Å². The van der Waals surface area contributed by atoms with Crippen molar-refractivity contribution in [3.8, 4) is 0 Å². The van der Waals surface area contributed by atoms with Crippen molar-refractivity contribution >= 4 is 17.1 Å². The molecule has 1 fully saturated rings. The highest BCUT2D eigenvalue weighted by Gasteiger charge is 2.47. The molecule has 160 valence electrons. The zero-order valence-corrected chi connectivity index (χ0v) is 16.5. The molecule has 0 bridgehead atoms. The van der Waals surface area contributed by atoms with Crippen LogP contribution in [-0.2, 0) is 22.6 Å². The predicted molar refractivity (Wildman–Crippen MR) is 103 cm³/mol. The van der Waals surface area contributed by atoms with Crippen LogP contribution < -0.4 is 17.0 Å². The Morgan fingerprint density at radius 1 is 1.14 bits per heavy atom. The van der Waals surface area contributed by atoms with Crippen molar-refractivity contribution in [2.75, 3.05) is 0 Å². The second-order valence-corrected chi connectivity index (χ2v) is 7.25. The molecule has 1 aliphatic heterocycles. The molecule has 0 aromatic carbocycles. The summed E-state index contributed by atoms with van der Waals surface area (Å²) in [6, 6.07) is 0. The van der Waals surface area contributed by atoms with E-state index in [1.54, 1.807) is 0 Å². The number of carbonyl (C=O) groups is 1. The fourth-order valence-corrected chi connectivity index (χ4v) is 3.55. The number of aliphatic hydroxyl groups is 2. The molecule has 2 aromatic rings. The van der Waals surface area contributed by atoms with E-state index in [1.807, 2.05) is 13.8 Å². The third kappa shape index (κ3) is 3.61. The van der Waals surface area contributed by atoms with Crippen molar-refractivity contribution in [3.05, 3.63) is 27.2 Å². The minimum absolute atomic E-state index is 0.0678. The number of hydrogen-bond acceptors (Lipinski definition) is 7. The number of fused-ring (bicyclic) bond motifs is 1. The van der Waals surface area contributed by atoms with Crippen LogP contribution in [0, 0.1) is 0 Å². The monoisotopic (exact) mass is 409 g/mol. The van der Waals surface area contributed by atoms with Gasteiger partial charge in [-0.15, -0.1) is 0 Å². The summed E-state index contributed by atoms with van der Waals surface area (Å²) in [6.07, 6.45) is -1.41. The quantitative estimate of drug-likeness (QED) is 0.508. The van der Waals surface area contributed by atoms with E-state index in [2.05, 4.69) is 4.98 Å². The maximum absolute atomic E-state index is 13.1. The van der Waals surface area contributed by atoms with E-state index in [0.29, 0.717) is 13.0 Å². The molecule has 3 rings (SSSR count). The molecule has 1 unspecified atom stereocenters. The average molecular weight is 409 g/mol. The highest BCUT2D eigenvalue weighted by atomic mass is 16.6. The molecule has 1 saturated heterocycles. The summed E-state index contributed by atoms with van der Waals surface area (Å²) in [7, 11) is 0. The van der Waals surface area contributed by atoms with Crippen molar-refractivity contribution in [1.29, 1.82) is 0 Å². The first-order chi connectivity index (χ1) is 13.8. The maximum atomic E-state index is 13.1. The van der Waals surface area contributed by atoms with Crippen LogP contribution in [0.3, 0.4) is 0 Å². The fourth-order valence-electron chi connectivity index (χ4n) is 3.55. The number of nitrogens with two attached hydrogens (primary N) is 1. The number of hydrogen-bond donors (Lipinski definition) is 3. The zero-order chi connectivity index (χ0) is 21.3. The van der Waals surface area contributed by atoms with Gasteiger partial charge in [0, 0.05) is 13.1 Å². The summed E-state index contributed by atoms with van der Waals surface area (Å²) in [5.41, 5.74) is 4.47. The number of ether oxygens (including phenoxy) is 1. The molecule has 0 spiro atoms. The van der Waals surface area contributed by atoms with Crippen LogP contribution in [0.25, 0.3) is 11.2 Å². The van der Waals surface area contributed by atoms with Gasteiger partial charge in [0.15, 0.2) is 23.5 Å². The van der Waals surface area contributed by atoms with Gasteiger partial charge in [-0.3, -0.25) is 23.3 Å². The number of aryl methyl sites for hydroxylation is 1. The van der Waals surface area contributed by atoms with Crippen LogP contribution in [0.15, 0.2) is 15.9 Å². The number of aromatic nitrogens is 4. The molecule has 1 amide bonds. The summed E-state index contributed by atoms with van der Waals surface area (Å²) >= 11 is 0. The molecule has 0 aliphatic carbocycles. The van der Waals surface area contributed by atoms with E-state index in [0.717, 1.165) is 23.8 Å². The summed E-state index contributed by atoms with van der Waals surface area (Å²) in [6.45, 7) is 4.58. The van der Waals surface area contributed by atoms with E-state index in [4.69, 9.17) is 10.5 Å². The molecular formula is C18H27N5O6. The van der Waals surface area contributed by atoms with Crippen molar-refractivity contribution in [2.45, 2.75) is 77.2 Å². The standard InChI is InChI=1S/C18H27N5O6/c1-3-5-7-21-15-10(16(27)22(18(21)28)8-6-4-2)23(9-20-15)17-12(25)11(24)13(29-17)14(19)26/h9,11-13,17,24-25H,3-8H2,1-2H3,(H2,19,26)/t11-,12+,13-,17?/m0/s1. The molecule has 4 N–H and O–H groups in total. The predicted octanol–water partition coefficient (Wildman–Crippen LogP) is -0.936. The summed E-state index contributed by atoms with van der Waals surface area (Å²) in [4.78, 5) is 41.7. The lowest BCUT2D eigenvalue weighted by molar-refractivity contribution is -0.134. The minimum atomic E-state index is -1.54. The molecule has 4 atom stereocenters. The van der Waals surface area contributed by atoms with Crippen LogP contribution in [0.4, 0.5) is 0 Å². The number of aliphatic hydroxyl groups excluding tert-OH is 2.